The van der Waals surface area contributed by atoms with Crippen LogP contribution in [-0.2, 0) is 14.8 Å². The number of hydrogen-bond acceptors (Lipinski definition) is 4. The molecule has 1 aliphatic rings. The third-order valence-corrected chi connectivity index (χ3v) is 6.15. The van der Waals surface area contributed by atoms with Crippen LogP contribution in [0.1, 0.15) is 0 Å². The van der Waals surface area contributed by atoms with Crippen molar-refractivity contribution in [3.63, 3.8) is 0 Å². The maximum atomic E-state index is 12.9. The van der Waals surface area contributed by atoms with E-state index in [4.69, 9.17) is 11.6 Å². The standard InChI is InChI=1S/C15H16ClN3O3S/c16-10-15(20)18-6-8-19(9-7-18)23(21,22)14-3-1-2-12-11-17-5-4-13(12)14/h1-5,11H,6-10H2. The summed E-state index contributed by atoms with van der Waals surface area (Å²) in [7, 11) is -3.61. The van der Waals surface area contributed by atoms with Crippen LogP contribution in [0.3, 0.4) is 0 Å². The Balaban J connectivity index is 1.89. The molecule has 23 heavy (non-hydrogen) atoms. The summed E-state index contributed by atoms with van der Waals surface area (Å²) in [6.07, 6.45) is 3.23. The summed E-state index contributed by atoms with van der Waals surface area (Å²) in [4.78, 5) is 17.5. The van der Waals surface area contributed by atoms with E-state index >= 15 is 0 Å². The number of benzene rings is 1. The lowest BCUT2D eigenvalue weighted by molar-refractivity contribution is -0.129. The molecule has 6 nitrogen and oxygen atoms in total. The number of sulfonamides is 1. The number of aromatic nitrogens is 1. The Labute approximate surface area is 139 Å². The summed E-state index contributed by atoms with van der Waals surface area (Å²) < 4.78 is 27.3. The summed E-state index contributed by atoms with van der Waals surface area (Å²) in [5, 5.41) is 1.44. The molecule has 0 unspecified atom stereocenters. The van der Waals surface area contributed by atoms with E-state index in [-0.39, 0.29) is 29.8 Å². The van der Waals surface area contributed by atoms with Gasteiger partial charge in [-0.1, -0.05) is 12.1 Å². The molecule has 0 spiro atoms. The van der Waals surface area contributed by atoms with Crippen molar-refractivity contribution in [3.05, 3.63) is 36.7 Å². The van der Waals surface area contributed by atoms with Crippen LogP contribution in [-0.4, -0.2) is 60.6 Å². The average Bonchev–Trinajstić information content (AvgIpc) is 2.60. The zero-order valence-electron chi connectivity index (χ0n) is 12.4. The van der Waals surface area contributed by atoms with Gasteiger partial charge in [-0.25, -0.2) is 8.42 Å². The molecule has 2 aromatic rings. The first-order chi connectivity index (χ1) is 11.0. The van der Waals surface area contributed by atoms with Crippen LogP contribution in [0.2, 0.25) is 0 Å². The number of pyridine rings is 1. The molecule has 1 fully saturated rings. The summed E-state index contributed by atoms with van der Waals surface area (Å²) in [5.74, 6) is -0.247. The molecule has 122 valence electrons. The summed E-state index contributed by atoms with van der Waals surface area (Å²) in [5.41, 5.74) is 0. The van der Waals surface area contributed by atoms with Gasteiger partial charge in [-0.2, -0.15) is 4.31 Å². The van der Waals surface area contributed by atoms with Gasteiger partial charge in [0.1, 0.15) is 5.88 Å². The van der Waals surface area contributed by atoms with Gasteiger partial charge >= 0.3 is 0 Å². The second kappa shape index (κ2) is 6.43. The number of halogens is 1. The smallest absolute Gasteiger partial charge is 0.243 e. The number of fused-ring (bicyclic) bond motifs is 1. The third kappa shape index (κ3) is 3.04. The van der Waals surface area contributed by atoms with Crippen molar-refractivity contribution in [2.24, 2.45) is 0 Å². The van der Waals surface area contributed by atoms with Crippen molar-refractivity contribution in [1.29, 1.82) is 0 Å². The van der Waals surface area contributed by atoms with E-state index in [0.717, 1.165) is 5.39 Å². The van der Waals surface area contributed by atoms with Crippen LogP contribution in [0.5, 0.6) is 0 Å². The molecule has 1 aromatic heterocycles. The Kier molecular flexibility index (Phi) is 4.52. The molecule has 0 atom stereocenters. The van der Waals surface area contributed by atoms with Gasteiger partial charge in [0.25, 0.3) is 0 Å². The van der Waals surface area contributed by atoms with Gasteiger partial charge in [0.05, 0.1) is 4.90 Å². The number of amides is 1. The Morgan fingerprint density at radius 1 is 1.17 bits per heavy atom. The van der Waals surface area contributed by atoms with Crippen molar-refractivity contribution in [2.45, 2.75) is 4.90 Å². The molecule has 0 saturated carbocycles. The van der Waals surface area contributed by atoms with Gasteiger partial charge in [0.2, 0.25) is 15.9 Å². The lowest BCUT2D eigenvalue weighted by atomic mass is 10.2. The average molecular weight is 354 g/mol. The fraction of sp³-hybridized carbons (Fsp3) is 0.333. The highest BCUT2D eigenvalue weighted by Crippen LogP contribution is 2.25. The Morgan fingerprint density at radius 2 is 1.91 bits per heavy atom. The first-order valence-corrected chi connectivity index (χ1v) is 9.18. The first-order valence-electron chi connectivity index (χ1n) is 7.20. The van der Waals surface area contributed by atoms with E-state index in [1.165, 1.54) is 4.31 Å². The molecule has 0 N–H and O–H groups in total. The maximum Gasteiger partial charge on any atom is 0.243 e. The predicted octanol–water partition coefficient (Wildman–Crippen LogP) is 1.31. The van der Waals surface area contributed by atoms with E-state index < -0.39 is 10.0 Å². The quantitative estimate of drug-likeness (QED) is 0.780. The lowest BCUT2D eigenvalue weighted by Gasteiger charge is -2.33. The fourth-order valence-corrected chi connectivity index (χ4v) is 4.52. The van der Waals surface area contributed by atoms with Crippen LogP contribution in [0.4, 0.5) is 0 Å². The van der Waals surface area contributed by atoms with Crippen LogP contribution in [0.15, 0.2) is 41.6 Å². The predicted molar refractivity (Wildman–Crippen MR) is 87.8 cm³/mol. The molecule has 1 saturated heterocycles. The molecule has 8 heteroatoms. The minimum absolute atomic E-state index is 0.0803. The Bertz CT molecular complexity index is 827. The molecule has 3 rings (SSSR count). The Morgan fingerprint density at radius 3 is 2.61 bits per heavy atom. The molecular formula is C15H16ClN3O3S. The van der Waals surface area contributed by atoms with Crippen LogP contribution >= 0.6 is 11.6 Å². The van der Waals surface area contributed by atoms with E-state index in [1.807, 2.05) is 6.07 Å². The van der Waals surface area contributed by atoms with Gasteiger partial charge in [-0.05, 0) is 12.1 Å². The van der Waals surface area contributed by atoms with E-state index in [2.05, 4.69) is 4.98 Å². The zero-order valence-corrected chi connectivity index (χ0v) is 13.9. The zero-order chi connectivity index (χ0) is 16.4. The van der Waals surface area contributed by atoms with Crippen molar-refractivity contribution in [3.8, 4) is 0 Å². The van der Waals surface area contributed by atoms with Crippen LogP contribution in [0.25, 0.3) is 10.8 Å². The minimum Gasteiger partial charge on any atom is -0.339 e. The molecule has 1 aliphatic heterocycles. The highest BCUT2D eigenvalue weighted by molar-refractivity contribution is 7.89. The van der Waals surface area contributed by atoms with Crippen molar-refractivity contribution in [1.82, 2.24) is 14.2 Å². The number of alkyl halides is 1. The number of piperazine rings is 1. The van der Waals surface area contributed by atoms with Crippen LogP contribution < -0.4 is 0 Å². The summed E-state index contributed by atoms with van der Waals surface area (Å²) in [6.45, 7) is 1.26. The third-order valence-electron chi connectivity index (χ3n) is 3.96. The monoisotopic (exact) mass is 353 g/mol. The SMILES string of the molecule is O=C(CCl)N1CCN(S(=O)(=O)c2cccc3cnccc23)CC1. The minimum atomic E-state index is -3.61. The number of carbonyl (C=O) groups excluding carboxylic acids is 1. The van der Waals surface area contributed by atoms with E-state index in [1.54, 1.807) is 35.5 Å². The second-order valence-electron chi connectivity index (χ2n) is 5.27. The first kappa shape index (κ1) is 16.2. The lowest BCUT2D eigenvalue weighted by Crippen LogP contribution is -2.50. The van der Waals surface area contributed by atoms with E-state index in [9.17, 15) is 13.2 Å². The number of carbonyl (C=O) groups is 1. The van der Waals surface area contributed by atoms with Gasteiger partial charge in [0.15, 0.2) is 0 Å². The summed E-state index contributed by atoms with van der Waals surface area (Å²) >= 11 is 5.54. The van der Waals surface area contributed by atoms with E-state index in [0.29, 0.717) is 18.5 Å². The Hall–Kier alpha value is -1.70. The molecule has 1 aromatic carbocycles. The van der Waals surface area contributed by atoms with Crippen molar-refractivity contribution in [2.75, 3.05) is 32.1 Å². The highest BCUT2D eigenvalue weighted by Gasteiger charge is 2.30. The van der Waals surface area contributed by atoms with Crippen LogP contribution in [0, 0.1) is 0 Å². The molecule has 0 aliphatic carbocycles. The molecule has 1 amide bonds. The number of hydrogen-bond donors (Lipinski definition) is 0. The number of nitrogens with zero attached hydrogens (tertiary/aromatic N) is 3. The largest absolute Gasteiger partial charge is 0.339 e. The maximum absolute atomic E-state index is 12.9. The van der Waals surface area contributed by atoms with Gasteiger partial charge in [-0.15, -0.1) is 11.6 Å². The van der Waals surface area contributed by atoms with Gasteiger partial charge < -0.3 is 4.90 Å². The topological polar surface area (TPSA) is 70.6 Å². The highest BCUT2D eigenvalue weighted by atomic mass is 35.5. The van der Waals surface area contributed by atoms with Crippen molar-refractivity contribution < 1.29 is 13.2 Å². The normalized spacial score (nSPS) is 16.7. The second-order valence-corrected chi connectivity index (χ2v) is 7.45. The molecule has 0 radical (unpaired) electrons. The van der Waals surface area contributed by atoms with Gasteiger partial charge in [-0.3, -0.25) is 9.78 Å². The molecular weight excluding hydrogens is 338 g/mol. The van der Waals surface area contributed by atoms with Gasteiger partial charge in [0, 0.05) is 49.3 Å². The molecule has 2 heterocycles. The fourth-order valence-electron chi connectivity index (χ4n) is 2.72. The number of rotatable bonds is 3. The molecule has 0 bridgehead atoms. The van der Waals surface area contributed by atoms with Crippen molar-refractivity contribution >= 4 is 38.3 Å². The summed E-state index contributed by atoms with van der Waals surface area (Å²) in [6, 6.07) is 6.85.